The fourth-order valence-corrected chi connectivity index (χ4v) is 1.89. The molecule has 19 heavy (non-hydrogen) atoms. The minimum Gasteiger partial charge on any atom is -0.384 e. The number of anilines is 1. The summed E-state index contributed by atoms with van der Waals surface area (Å²) in [6, 6.07) is 11.3. The van der Waals surface area contributed by atoms with Gasteiger partial charge < -0.3 is 11.1 Å². The molecule has 1 aromatic carbocycles. The molecule has 5 nitrogen and oxygen atoms in total. The van der Waals surface area contributed by atoms with Crippen LogP contribution in [0.3, 0.4) is 0 Å². The van der Waals surface area contributed by atoms with Crippen LogP contribution in [0.2, 0.25) is 0 Å². The van der Waals surface area contributed by atoms with Gasteiger partial charge in [0.15, 0.2) is 5.69 Å². The normalized spacial score (nSPS) is 12.1. The largest absolute Gasteiger partial charge is 0.384 e. The zero-order chi connectivity index (χ0) is 13.8. The molecule has 1 atom stereocenters. The zero-order valence-corrected chi connectivity index (χ0v) is 11.1. The van der Waals surface area contributed by atoms with Gasteiger partial charge in [-0.25, -0.2) is 4.68 Å². The number of carbonyl (C=O) groups excluding carboxylic acids is 1. The third-order valence-electron chi connectivity index (χ3n) is 2.99. The molecule has 0 radical (unpaired) electrons. The van der Waals surface area contributed by atoms with E-state index < -0.39 is 0 Å². The molecule has 0 unspecified atom stereocenters. The van der Waals surface area contributed by atoms with Gasteiger partial charge >= 0.3 is 0 Å². The molecule has 0 aliphatic rings. The summed E-state index contributed by atoms with van der Waals surface area (Å²) >= 11 is 0. The lowest BCUT2D eigenvalue weighted by Crippen LogP contribution is -2.27. The predicted octanol–water partition coefficient (Wildman–Crippen LogP) is 1.98. The first kappa shape index (κ1) is 13.1. The van der Waals surface area contributed by atoms with E-state index in [1.807, 2.05) is 44.2 Å². The Morgan fingerprint density at radius 3 is 2.68 bits per heavy atom. The Bertz CT molecular complexity index is 562. The van der Waals surface area contributed by atoms with E-state index in [4.69, 9.17) is 5.73 Å². The van der Waals surface area contributed by atoms with Crippen LogP contribution >= 0.6 is 0 Å². The van der Waals surface area contributed by atoms with Crippen LogP contribution in [0, 0.1) is 0 Å². The van der Waals surface area contributed by atoms with Crippen molar-refractivity contribution in [3.63, 3.8) is 0 Å². The van der Waals surface area contributed by atoms with Crippen LogP contribution in [0.5, 0.6) is 0 Å². The summed E-state index contributed by atoms with van der Waals surface area (Å²) in [6.07, 6.45) is 0. The number of nitrogens with one attached hydrogen (secondary N) is 1. The van der Waals surface area contributed by atoms with Gasteiger partial charge in [0.2, 0.25) is 0 Å². The van der Waals surface area contributed by atoms with Gasteiger partial charge in [-0.1, -0.05) is 30.3 Å². The Hall–Kier alpha value is -2.30. The number of nitrogens with two attached hydrogens (primary N) is 1. The maximum atomic E-state index is 12.1. The molecule has 5 heteroatoms. The van der Waals surface area contributed by atoms with Crippen LogP contribution < -0.4 is 11.1 Å². The minimum absolute atomic E-state index is 0.0679. The molecule has 0 aliphatic heterocycles. The quantitative estimate of drug-likeness (QED) is 0.880. The number of hydrogen-bond donors (Lipinski definition) is 2. The van der Waals surface area contributed by atoms with Gasteiger partial charge in [-0.2, -0.15) is 5.10 Å². The van der Waals surface area contributed by atoms with Gasteiger partial charge in [0, 0.05) is 12.6 Å². The van der Waals surface area contributed by atoms with Crippen molar-refractivity contribution in [1.82, 2.24) is 15.1 Å². The molecule has 2 aromatic rings. The lowest BCUT2D eigenvalue weighted by atomic mass is 10.1. The highest BCUT2D eigenvalue weighted by Gasteiger charge is 2.15. The van der Waals surface area contributed by atoms with E-state index in [2.05, 4.69) is 10.4 Å². The fourth-order valence-electron chi connectivity index (χ4n) is 1.89. The highest BCUT2D eigenvalue weighted by Crippen LogP contribution is 2.13. The molecular formula is C14H18N4O. The molecule has 100 valence electrons. The standard InChI is InChI=1S/C14H18N4O/c1-3-18-13(15)9-12(17-18)14(19)16-10(2)11-7-5-4-6-8-11/h4-10H,3,15H2,1-2H3,(H,16,19)/t10-/m1/s1. The Balaban J connectivity index is 2.08. The average Bonchev–Trinajstić information content (AvgIpc) is 2.81. The van der Waals surface area contributed by atoms with E-state index in [-0.39, 0.29) is 11.9 Å². The number of hydrogen-bond acceptors (Lipinski definition) is 3. The van der Waals surface area contributed by atoms with Crippen molar-refractivity contribution in [1.29, 1.82) is 0 Å². The van der Waals surface area contributed by atoms with Crippen LogP contribution in [0.1, 0.15) is 35.9 Å². The molecule has 0 fully saturated rings. The van der Waals surface area contributed by atoms with Gasteiger partial charge in [-0.3, -0.25) is 4.79 Å². The van der Waals surface area contributed by atoms with E-state index >= 15 is 0 Å². The van der Waals surface area contributed by atoms with Crippen molar-refractivity contribution in [2.75, 3.05) is 5.73 Å². The summed E-state index contributed by atoms with van der Waals surface area (Å²) in [7, 11) is 0. The fraction of sp³-hybridized carbons (Fsp3) is 0.286. The third kappa shape index (κ3) is 2.93. The molecule has 1 heterocycles. The van der Waals surface area contributed by atoms with Gasteiger partial charge in [0.05, 0.1) is 6.04 Å². The number of aromatic nitrogens is 2. The molecule has 0 saturated heterocycles. The van der Waals surface area contributed by atoms with Crippen LogP contribution in [0.4, 0.5) is 5.82 Å². The molecule has 0 spiro atoms. The SMILES string of the molecule is CCn1nc(C(=O)N[C@H](C)c2ccccc2)cc1N. The van der Waals surface area contributed by atoms with E-state index in [0.29, 0.717) is 18.1 Å². The molecule has 0 aliphatic carbocycles. The number of aryl methyl sites for hydroxylation is 1. The van der Waals surface area contributed by atoms with Crippen LogP contribution in [0.25, 0.3) is 0 Å². The number of amides is 1. The first-order valence-corrected chi connectivity index (χ1v) is 6.31. The van der Waals surface area contributed by atoms with Crippen molar-refractivity contribution in [3.8, 4) is 0 Å². The third-order valence-corrected chi connectivity index (χ3v) is 2.99. The summed E-state index contributed by atoms with van der Waals surface area (Å²) in [5, 5.41) is 7.06. The predicted molar refractivity (Wildman–Crippen MR) is 74.6 cm³/mol. The number of nitrogen functional groups attached to an aromatic ring is 1. The average molecular weight is 258 g/mol. The van der Waals surface area contributed by atoms with Crippen molar-refractivity contribution in [3.05, 3.63) is 47.7 Å². The maximum absolute atomic E-state index is 12.1. The van der Waals surface area contributed by atoms with Crippen LogP contribution in [-0.2, 0) is 6.54 Å². The van der Waals surface area contributed by atoms with Crippen molar-refractivity contribution in [2.45, 2.75) is 26.4 Å². The van der Waals surface area contributed by atoms with Crippen LogP contribution in [0.15, 0.2) is 36.4 Å². The molecule has 2 rings (SSSR count). The summed E-state index contributed by atoms with van der Waals surface area (Å²) in [5.74, 6) is 0.287. The number of rotatable bonds is 4. The topological polar surface area (TPSA) is 72.9 Å². The highest BCUT2D eigenvalue weighted by molar-refractivity contribution is 5.93. The monoisotopic (exact) mass is 258 g/mol. The Morgan fingerprint density at radius 2 is 2.11 bits per heavy atom. The Kier molecular flexibility index (Phi) is 3.85. The Morgan fingerprint density at radius 1 is 1.42 bits per heavy atom. The lowest BCUT2D eigenvalue weighted by Gasteiger charge is -2.13. The second-order valence-electron chi connectivity index (χ2n) is 4.38. The number of nitrogens with zero attached hydrogens (tertiary/aromatic N) is 2. The second-order valence-corrected chi connectivity index (χ2v) is 4.38. The van der Waals surface area contributed by atoms with Crippen molar-refractivity contribution in [2.24, 2.45) is 0 Å². The lowest BCUT2D eigenvalue weighted by molar-refractivity contribution is 0.0934. The van der Waals surface area contributed by atoms with E-state index in [9.17, 15) is 4.79 Å². The van der Waals surface area contributed by atoms with E-state index in [0.717, 1.165) is 5.56 Å². The number of benzene rings is 1. The minimum atomic E-state index is -0.213. The molecule has 3 N–H and O–H groups in total. The Labute approximate surface area is 112 Å². The maximum Gasteiger partial charge on any atom is 0.272 e. The van der Waals surface area contributed by atoms with Crippen LogP contribution in [-0.4, -0.2) is 15.7 Å². The molecule has 0 saturated carbocycles. The second kappa shape index (κ2) is 5.56. The van der Waals surface area contributed by atoms with Gasteiger partial charge in [0.1, 0.15) is 5.82 Å². The smallest absolute Gasteiger partial charge is 0.272 e. The molecule has 1 aromatic heterocycles. The number of carbonyl (C=O) groups is 1. The highest BCUT2D eigenvalue weighted by atomic mass is 16.2. The first-order valence-electron chi connectivity index (χ1n) is 6.31. The van der Waals surface area contributed by atoms with Crippen molar-refractivity contribution >= 4 is 11.7 Å². The van der Waals surface area contributed by atoms with Gasteiger partial charge in [0.25, 0.3) is 5.91 Å². The first-order chi connectivity index (χ1) is 9.11. The summed E-state index contributed by atoms with van der Waals surface area (Å²) in [5.41, 5.74) is 7.16. The molecular weight excluding hydrogens is 240 g/mol. The summed E-state index contributed by atoms with van der Waals surface area (Å²) in [6.45, 7) is 4.51. The summed E-state index contributed by atoms with van der Waals surface area (Å²) < 4.78 is 1.60. The van der Waals surface area contributed by atoms with Gasteiger partial charge in [-0.15, -0.1) is 0 Å². The van der Waals surface area contributed by atoms with Gasteiger partial charge in [-0.05, 0) is 19.4 Å². The zero-order valence-electron chi connectivity index (χ0n) is 11.1. The summed E-state index contributed by atoms with van der Waals surface area (Å²) in [4.78, 5) is 12.1. The van der Waals surface area contributed by atoms with E-state index in [1.165, 1.54) is 0 Å². The van der Waals surface area contributed by atoms with Crippen molar-refractivity contribution < 1.29 is 4.79 Å². The van der Waals surface area contributed by atoms with E-state index in [1.54, 1.807) is 10.7 Å². The molecule has 1 amide bonds. The molecule has 0 bridgehead atoms.